The number of aliphatic hydroxyl groups excluding tert-OH is 2. The van der Waals surface area contributed by atoms with Gasteiger partial charge in [0.05, 0.1) is 12.6 Å². The van der Waals surface area contributed by atoms with Crippen LogP contribution in [-0.2, 0) is 41.6 Å². The molecule has 2 aromatic rings. The molecule has 1 aliphatic heterocycles. The van der Waals surface area contributed by atoms with Gasteiger partial charge in [-0.2, -0.15) is 0 Å². The normalized spacial score (nSPS) is 17.6. The molecule has 8 N–H and O–H groups in total. The second-order valence-corrected chi connectivity index (χ2v) is 13.7. The van der Waals surface area contributed by atoms with Crippen molar-refractivity contribution >= 4 is 35.4 Å². The number of aliphatic hydroxyl groups is 2. The number of amides is 6. The van der Waals surface area contributed by atoms with E-state index < -0.39 is 78.4 Å². The first kappa shape index (κ1) is 41.6. The van der Waals surface area contributed by atoms with Crippen LogP contribution in [0.5, 0.6) is 0 Å². The molecule has 0 spiro atoms. The van der Waals surface area contributed by atoms with E-state index in [1.54, 1.807) is 51.1 Å². The molecule has 284 valence electrons. The fourth-order valence-corrected chi connectivity index (χ4v) is 6.16. The molecule has 0 unspecified atom stereocenters. The Bertz CT molecular complexity index is 1510. The van der Waals surface area contributed by atoms with E-state index in [9.17, 15) is 39.0 Å². The summed E-state index contributed by atoms with van der Waals surface area (Å²) in [6.07, 6.45) is -0.0355. The maximum absolute atomic E-state index is 13.9. The summed E-state index contributed by atoms with van der Waals surface area (Å²) >= 11 is 0. The second kappa shape index (κ2) is 20.3. The number of nitrogens with zero attached hydrogens (tertiary/aromatic N) is 1. The smallest absolute Gasteiger partial charge is 0.254 e. The number of aryl methyl sites for hydroxylation is 1. The molecule has 1 fully saturated rings. The van der Waals surface area contributed by atoms with Crippen LogP contribution in [0.1, 0.15) is 64.5 Å². The predicted octanol–water partition coefficient (Wildman–Crippen LogP) is 0.333. The maximum Gasteiger partial charge on any atom is 0.254 e. The maximum atomic E-state index is 13.9. The number of nitrogens with one attached hydrogen (secondary N) is 4. The Morgan fingerprint density at radius 3 is 2.02 bits per heavy atom. The van der Waals surface area contributed by atoms with Crippen LogP contribution in [0.3, 0.4) is 0 Å². The van der Waals surface area contributed by atoms with Gasteiger partial charge in [0, 0.05) is 13.0 Å². The van der Waals surface area contributed by atoms with Gasteiger partial charge in [0.15, 0.2) is 6.10 Å². The molecule has 0 saturated carbocycles. The molecule has 1 heterocycles. The summed E-state index contributed by atoms with van der Waals surface area (Å²) in [5.41, 5.74) is 7.12. The van der Waals surface area contributed by atoms with E-state index in [-0.39, 0.29) is 37.6 Å². The molecule has 0 aliphatic carbocycles. The monoisotopic (exact) mass is 722 g/mol. The number of carbonyl (C=O) groups is 6. The minimum atomic E-state index is -1.80. The average molecular weight is 723 g/mol. The zero-order chi connectivity index (χ0) is 38.4. The summed E-state index contributed by atoms with van der Waals surface area (Å²) in [5.74, 6) is -4.54. The molecule has 0 aromatic heterocycles. The third-order valence-corrected chi connectivity index (χ3v) is 9.48. The Kier molecular flexibility index (Phi) is 16.2. The van der Waals surface area contributed by atoms with Crippen molar-refractivity contribution in [1.82, 2.24) is 26.2 Å². The van der Waals surface area contributed by atoms with Crippen LogP contribution >= 0.6 is 0 Å². The number of rotatable bonds is 19. The SMILES string of the molecule is CC[C@H](C)[C@H](NC(=O)[C@@H]1CCCN1C(=O)[C@@H](O)[C@H](Cc1ccccc1)NC(=O)[C@H](CO)NC(=O)CCc1ccccc1)C(=O)N[C@H](C(N)=O)C(C)C. The lowest BCUT2D eigenvalue weighted by Crippen LogP contribution is -2.60. The summed E-state index contributed by atoms with van der Waals surface area (Å²) in [4.78, 5) is 80.2. The summed E-state index contributed by atoms with van der Waals surface area (Å²) in [5, 5.41) is 32.1. The summed E-state index contributed by atoms with van der Waals surface area (Å²) < 4.78 is 0. The predicted molar refractivity (Wildman–Crippen MR) is 194 cm³/mol. The first-order valence-corrected chi connectivity index (χ1v) is 17.9. The lowest BCUT2D eigenvalue weighted by Gasteiger charge is -2.32. The summed E-state index contributed by atoms with van der Waals surface area (Å²) in [7, 11) is 0. The van der Waals surface area contributed by atoms with Crippen molar-refractivity contribution in [3.8, 4) is 0 Å². The van der Waals surface area contributed by atoms with Crippen LogP contribution in [0.25, 0.3) is 0 Å². The van der Waals surface area contributed by atoms with Crippen molar-refractivity contribution in [3.63, 3.8) is 0 Å². The van der Waals surface area contributed by atoms with E-state index in [4.69, 9.17) is 5.73 Å². The highest BCUT2D eigenvalue weighted by Crippen LogP contribution is 2.21. The molecule has 1 saturated heterocycles. The number of nitrogens with two attached hydrogens (primary N) is 1. The highest BCUT2D eigenvalue weighted by Gasteiger charge is 2.41. The fraction of sp³-hybridized carbons (Fsp3) is 0.526. The molecule has 6 amide bonds. The van der Waals surface area contributed by atoms with E-state index in [0.29, 0.717) is 24.8 Å². The third kappa shape index (κ3) is 11.9. The van der Waals surface area contributed by atoms with Crippen LogP contribution in [0, 0.1) is 11.8 Å². The first-order chi connectivity index (χ1) is 24.8. The van der Waals surface area contributed by atoms with E-state index in [2.05, 4.69) is 21.3 Å². The van der Waals surface area contributed by atoms with Crippen molar-refractivity contribution in [2.24, 2.45) is 17.6 Å². The van der Waals surface area contributed by atoms with E-state index in [1.165, 1.54) is 4.90 Å². The number of carbonyl (C=O) groups excluding carboxylic acids is 6. The second-order valence-electron chi connectivity index (χ2n) is 13.7. The Morgan fingerprint density at radius 1 is 0.846 bits per heavy atom. The molecule has 7 atom stereocenters. The topological polar surface area (TPSA) is 220 Å². The number of benzene rings is 2. The van der Waals surface area contributed by atoms with Gasteiger partial charge in [-0.3, -0.25) is 28.8 Å². The van der Waals surface area contributed by atoms with Crippen molar-refractivity contribution in [2.75, 3.05) is 13.2 Å². The summed E-state index contributed by atoms with van der Waals surface area (Å²) in [6, 6.07) is 12.7. The number of hydrogen-bond donors (Lipinski definition) is 7. The highest BCUT2D eigenvalue weighted by molar-refractivity contribution is 5.95. The largest absolute Gasteiger partial charge is 0.394 e. The fourth-order valence-electron chi connectivity index (χ4n) is 6.16. The molecule has 0 bridgehead atoms. The zero-order valence-electron chi connectivity index (χ0n) is 30.4. The first-order valence-electron chi connectivity index (χ1n) is 17.9. The van der Waals surface area contributed by atoms with Gasteiger partial charge in [-0.05, 0) is 48.6 Å². The van der Waals surface area contributed by atoms with Crippen LogP contribution in [0.4, 0.5) is 0 Å². The molecular weight excluding hydrogens is 668 g/mol. The summed E-state index contributed by atoms with van der Waals surface area (Å²) in [6.45, 7) is 6.53. The molecule has 14 nitrogen and oxygen atoms in total. The zero-order valence-corrected chi connectivity index (χ0v) is 30.4. The van der Waals surface area contributed by atoms with E-state index in [0.717, 1.165) is 5.56 Å². The van der Waals surface area contributed by atoms with Crippen LogP contribution in [0.2, 0.25) is 0 Å². The number of primary amides is 1. The van der Waals surface area contributed by atoms with Crippen molar-refractivity contribution in [2.45, 2.75) is 103 Å². The van der Waals surface area contributed by atoms with Gasteiger partial charge in [0.25, 0.3) is 5.91 Å². The molecule has 52 heavy (non-hydrogen) atoms. The van der Waals surface area contributed by atoms with Gasteiger partial charge < -0.3 is 42.1 Å². The Morgan fingerprint density at radius 2 is 1.46 bits per heavy atom. The van der Waals surface area contributed by atoms with Crippen LogP contribution < -0.4 is 27.0 Å². The van der Waals surface area contributed by atoms with Gasteiger partial charge in [-0.1, -0.05) is 94.8 Å². The third-order valence-electron chi connectivity index (χ3n) is 9.48. The molecular formula is C38H54N6O8. The van der Waals surface area contributed by atoms with Gasteiger partial charge in [-0.15, -0.1) is 0 Å². The van der Waals surface area contributed by atoms with Gasteiger partial charge in [0.2, 0.25) is 29.5 Å². The number of likely N-dealkylation sites (tertiary alicyclic amines) is 1. The van der Waals surface area contributed by atoms with Gasteiger partial charge in [-0.25, -0.2) is 0 Å². The van der Waals surface area contributed by atoms with Gasteiger partial charge in [0.1, 0.15) is 24.2 Å². The van der Waals surface area contributed by atoms with Crippen molar-refractivity contribution < 1.29 is 39.0 Å². The molecule has 2 aromatic carbocycles. The lowest BCUT2D eigenvalue weighted by atomic mass is 9.96. The molecule has 0 radical (unpaired) electrons. The quantitative estimate of drug-likeness (QED) is 0.107. The standard InChI is InChI=1S/C38H54N6O8/c1-5-24(4)32(37(51)42-31(23(2)3)34(39)48)43-36(50)29-17-12-20-44(29)38(52)33(47)27(21-26-15-10-7-11-16-26)41-35(49)28(22-45)40-30(46)19-18-25-13-8-6-9-14-25/h6-11,13-16,23-24,27-29,31-33,45,47H,5,12,17-22H2,1-4H3,(H2,39,48)(H,40,46)(H,41,49)(H,42,51)(H,43,50)/t24-,27-,28-,29-,31-,32-,33-/m0/s1. The van der Waals surface area contributed by atoms with Crippen LogP contribution in [0.15, 0.2) is 60.7 Å². The van der Waals surface area contributed by atoms with Crippen molar-refractivity contribution in [1.29, 1.82) is 0 Å². The Hall–Kier alpha value is -4.82. The van der Waals surface area contributed by atoms with Gasteiger partial charge >= 0.3 is 0 Å². The number of hydrogen-bond acceptors (Lipinski definition) is 8. The molecule has 14 heteroatoms. The Labute approximate surface area is 305 Å². The molecule has 3 rings (SSSR count). The lowest BCUT2D eigenvalue weighted by molar-refractivity contribution is -0.147. The molecule has 1 aliphatic rings. The van der Waals surface area contributed by atoms with Crippen molar-refractivity contribution in [3.05, 3.63) is 71.8 Å². The minimum Gasteiger partial charge on any atom is -0.394 e. The average Bonchev–Trinajstić information content (AvgIpc) is 3.63. The minimum absolute atomic E-state index is 0.0252. The van der Waals surface area contributed by atoms with Crippen LogP contribution in [-0.4, -0.2) is 100 Å². The van der Waals surface area contributed by atoms with E-state index in [1.807, 2.05) is 37.3 Å². The van der Waals surface area contributed by atoms with E-state index >= 15 is 0 Å². The highest BCUT2D eigenvalue weighted by atomic mass is 16.3. The Balaban J connectivity index is 1.75.